The Morgan fingerprint density at radius 1 is 1.05 bits per heavy atom. The molecule has 0 aliphatic rings. The Kier molecular flexibility index (Phi) is 4.59. The van der Waals surface area contributed by atoms with E-state index in [1.54, 1.807) is 12.1 Å². The number of Topliss-reactive ketones (excluding diaryl/α,β-unsaturated/α-hetero) is 1. The van der Waals surface area contributed by atoms with Crippen molar-refractivity contribution in [2.24, 2.45) is 0 Å². The topological polar surface area (TPSA) is 51.2 Å². The van der Waals surface area contributed by atoms with E-state index in [0.717, 1.165) is 21.0 Å². The number of benzene rings is 2. The van der Waals surface area contributed by atoms with Crippen LogP contribution in [0.1, 0.15) is 10.4 Å². The molecule has 0 radical (unpaired) electrons. The van der Waals surface area contributed by atoms with Crippen LogP contribution < -0.4 is 0 Å². The second kappa shape index (κ2) is 6.05. The van der Waals surface area contributed by atoms with E-state index in [1.807, 2.05) is 36.4 Å². The molecule has 0 N–H and O–H groups in total. The Balaban J connectivity index is 2.25. The van der Waals surface area contributed by atoms with Crippen molar-refractivity contribution >= 4 is 38.2 Å². The van der Waals surface area contributed by atoms with Crippen LogP contribution in [-0.2, 0) is 9.84 Å². The van der Waals surface area contributed by atoms with E-state index in [-0.39, 0.29) is 5.78 Å². The zero-order valence-corrected chi connectivity index (χ0v) is 13.8. The van der Waals surface area contributed by atoms with Gasteiger partial charge in [-0.3, -0.25) is 4.79 Å². The van der Waals surface area contributed by atoms with Gasteiger partial charge in [-0.2, -0.15) is 0 Å². The smallest absolute Gasteiger partial charge is 0.177 e. The summed E-state index contributed by atoms with van der Waals surface area (Å²) in [6.45, 7) is 0. The molecular formula is C15H13IO3S. The van der Waals surface area contributed by atoms with Gasteiger partial charge in [0, 0.05) is 15.4 Å². The predicted octanol–water partition coefficient (Wildman–Crippen LogP) is 3.19. The van der Waals surface area contributed by atoms with Gasteiger partial charge in [0.1, 0.15) is 5.75 Å². The van der Waals surface area contributed by atoms with Crippen molar-refractivity contribution < 1.29 is 13.2 Å². The molecule has 0 aliphatic heterocycles. The fourth-order valence-corrected chi connectivity index (χ4v) is 3.02. The van der Waals surface area contributed by atoms with Gasteiger partial charge in [-0.25, -0.2) is 8.42 Å². The molecule has 104 valence electrons. The molecule has 0 spiro atoms. The standard InChI is InChI=1S/C15H13IO3S/c1-20(18,19)10-15(17)12-7-5-11(6-8-12)13-3-2-4-14(16)9-13/h2-9H,10H2,1H3. The molecular weight excluding hydrogens is 387 g/mol. The van der Waals surface area contributed by atoms with Crippen LogP contribution in [0.5, 0.6) is 0 Å². The van der Waals surface area contributed by atoms with Crippen LogP contribution in [0.3, 0.4) is 0 Å². The number of carbonyl (C=O) groups excluding carboxylic acids is 1. The third-order valence-electron chi connectivity index (χ3n) is 2.76. The molecule has 2 rings (SSSR count). The SMILES string of the molecule is CS(=O)(=O)CC(=O)c1ccc(-c2cccc(I)c2)cc1. The zero-order valence-electron chi connectivity index (χ0n) is 10.8. The quantitative estimate of drug-likeness (QED) is 0.585. The lowest BCUT2D eigenvalue weighted by atomic mass is 10.0. The van der Waals surface area contributed by atoms with Crippen LogP contribution in [0.25, 0.3) is 11.1 Å². The van der Waals surface area contributed by atoms with Gasteiger partial charge in [-0.15, -0.1) is 0 Å². The number of hydrogen-bond donors (Lipinski definition) is 0. The number of hydrogen-bond acceptors (Lipinski definition) is 3. The molecule has 0 saturated carbocycles. The average Bonchev–Trinajstić information content (AvgIpc) is 2.37. The van der Waals surface area contributed by atoms with Crippen molar-refractivity contribution in [2.75, 3.05) is 12.0 Å². The van der Waals surface area contributed by atoms with Crippen LogP contribution in [0, 0.1) is 3.57 Å². The fraction of sp³-hybridized carbons (Fsp3) is 0.133. The van der Waals surface area contributed by atoms with E-state index in [0.29, 0.717) is 5.56 Å². The lowest BCUT2D eigenvalue weighted by Gasteiger charge is -2.04. The molecule has 20 heavy (non-hydrogen) atoms. The van der Waals surface area contributed by atoms with Crippen LogP contribution in [0.15, 0.2) is 48.5 Å². The van der Waals surface area contributed by atoms with E-state index in [2.05, 4.69) is 22.6 Å². The first-order valence-corrected chi connectivity index (χ1v) is 9.06. The number of ketones is 1. The minimum Gasteiger partial charge on any atom is -0.293 e. The number of carbonyl (C=O) groups is 1. The Bertz CT molecular complexity index is 734. The van der Waals surface area contributed by atoms with Crippen molar-refractivity contribution in [3.05, 3.63) is 57.7 Å². The molecule has 2 aromatic carbocycles. The Hall–Kier alpha value is -1.21. The van der Waals surface area contributed by atoms with Gasteiger partial charge in [-0.1, -0.05) is 36.4 Å². The lowest BCUT2D eigenvalue weighted by molar-refractivity contribution is 0.102. The van der Waals surface area contributed by atoms with Crippen molar-refractivity contribution in [1.82, 2.24) is 0 Å². The monoisotopic (exact) mass is 400 g/mol. The summed E-state index contributed by atoms with van der Waals surface area (Å²) in [6, 6.07) is 15.0. The molecule has 0 fully saturated rings. The summed E-state index contributed by atoms with van der Waals surface area (Å²) in [7, 11) is -3.29. The predicted molar refractivity (Wildman–Crippen MR) is 88.6 cm³/mol. The second-order valence-electron chi connectivity index (χ2n) is 4.58. The van der Waals surface area contributed by atoms with Gasteiger partial charge in [0.05, 0.1) is 0 Å². The second-order valence-corrected chi connectivity index (χ2v) is 7.97. The first-order chi connectivity index (χ1) is 9.35. The summed E-state index contributed by atoms with van der Waals surface area (Å²) in [5.74, 6) is -0.822. The molecule has 5 heteroatoms. The van der Waals surface area contributed by atoms with Crippen molar-refractivity contribution in [3.8, 4) is 11.1 Å². The molecule has 0 aliphatic carbocycles. The Labute approximate surface area is 132 Å². The van der Waals surface area contributed by atoms with Crippen molar-refractivity contribution in [3.63, 3.8) is 0 Å². The summed E-state index contributed by atoms with van der Waals surface area (Å²) in [5, 5.41) is 0. The summed E-state index contributed by atoms with van der Waals surface area (Å²) in [5.41, 5.74) is 2.49. The highest BCUT2D eigenvalue weighted by atomic mass is 127. The maximum atomic E-state index is 11.8. The fourth-order valence-electron chi connectivity index (χ4n) is 1.84. The van der Waals surface area contributed by atoms with Gasteiger partial charge in [0.2, 0.25) is 0 Å². The van der Waals surface area contributed by atoms with Crippen molar-refractivity contribution in [1.29, 1.82) is 0 Å². The summed E-state index contributed by atoms with van der Waals surface area (Å²) in [6.07, 6.45) is 1.06. The first-order valence-electron chi connectivity index (χ1n) is 5.92. The molecule has 0 amide bonds. The molecule has 0 unspecified atom stereocenters. The average molecular weight is 400 g/mol. The number of sulfone groups is 1. The molecule has 0 heterocycles. The summed E-state index contributed by atoms with van der Waals surface area (Å²) >= 11 is 2.24. The van der Waals surface area contributed by atoms with Crippen LogP contribution in [-0.4, -0.2) is 26.2 Å². The van der Waals surface area contributed by atoms with Gasteiger partial charge in [0.25, 0.3) is 0 Å². The summed E-state index contributed by atoms with van der Waals surface area (Å²) in [4.78, 5) is 11.8. The Morgan fingerprint density at radius 2 is 1.70 bits per heavy atom. The summed E-state index contributed by atoms with van der Waals surface area (Å²) < 4.78 is 23.4. The molecule has 2 aromatic rings. The highest BCUT2D eigenvalue weighted by molar-refractivity contribution is 14.1. The third-order valence-corrected chi connectivity index (χ3v) is 4.22. The van der Waals surface area contributed by atoms with Gasteiger partial charge < -0.3 is 0 Å². The largest absolute Gasteiger partial charge is 0.293 e. The van der Waals surface area contributed by atoms with E-state index in [4.69, 9.17) is 0 Å². The van der Waals surface area contributed by atoms with Gasteiger partial charge >= 0.3 is 0 Å². The maximum Gasteiger partial charge on any atom is 0.177 e. The third kappa shape index (κ3) is 4.14. The van der Waals surface area contributed by atoms with E-state index in [1.165, 1.54) is 0 Å². The van der Waals surface area contributed by atoms with Crippen LogP contribution in [0.4, 0.5) is 0 Å². The maximum absolute atomic E-state index is 11.8. The van der Waals surface area contributed by atoms with E-state index >= 15 is 0 Å². The van der Waals surface area contributed by atoms with E-state index < -0.39 is 15.6 Å². The molecule has 3 nitrogen and oxygen atoms in total. The molecule has 0 aromatic heterocycles. The lowest BCUT2D eigenvalue weighted by Crippen LogP contribution is -2.14. The number of rotatable bonds is 4. The highest BCUT2D eigenvalue weighted by Gasteiger charge is 2.13. The zero-order chi connectivity index (χ0) is 14.8. The minimum absolute atomic E-state index is 0.373. The Morgan fingerprint density at radius 3 is 2.25 bits per heavy atom. The minimum atomic E-state index is -3.29. The number of halogens is 1. The molecule has 0 atom stereocenters. The van der Waals surface area contributed by atoms with Gasteiger partial charge in [0.15, 0.2) is 15.6 Å². The first kappa shape index (κ1) is 15.2. The van der Waals surface area contributed by atoms with E-state index in [9.17, 15) is 13.2 Å². The molecule has 0 bridgehead atoms. The highest BCUT2D eigenvalue weighted by Crippen LogP contribution is 2.21. The van der Waals surface area contributed by atoms with Crippen LogP contribution >= 0.6 is 22.6 Å². The molecule has 0 saturated heterocycles. The normalized spacial score (nSPS) is 11.3. The van der Waals surface area contributed by atoms with Gasteiger partial charge in [-0.05, 0) is 45.9 Å². The van der Waals surface area contributed by atoms with Crippen LogP contribution in [0.2, 0.25) is 0 Å². The van der Waals surface area contributed by atoms with Crippen molar-refractivity contribution in [2.45, 2.75) is 0 Å².